The molecule has 0 spiro atoms. The topological polar surface area (TPSA) is 79.3 Å². The third kappa shape index (κ3) is 2.82. The van der Waals surface area contributed by atoms with Gasteiger partial charge in [-0.2, -0.15) is 4.99 Å². The number of hydrogen-bond acceptors (Lipinski definition) is 5. The van der Waals surface area contributed by atoms with E-state index in [0.29, 0.717) is 17.5 Å². The molecule has 2 N–H and O–H groups in total. The Labute approximate surface area is 135 Å². The SMILES string of the molecule is O=C1NC(=Nc2ccccn2)N/C1=C\c1ccc2ncsc2c1. The number of pyridine rings is 1. The lowest BCUT2D eigenvalue weighted by molar-refractivity contribution is -0.115. The summed E-state index contributed by atoms with van der Waals surface area (Å²) in [7, 11) is 0. The lowest BCUT2D eigenvalue weighted by Crippen LogP contribution is -2.24. The number of guanidine groups is 1. The molecule has 1 fully saturated rings. The summed E-state index contributed by atoms with van der Waals surface area (Å²) in [6.07, 6.45) is 3.44. The van der Waals surface area contributed by atoms with Gasteiger partial charge in [0, 0.05) is 6.20 Å². The van der Waals surface area contributed by atoms with Gasteiger partial charge in [-0.1, -0.05) is 12.1 Å². The Morgan fingerprint density at radius 3 is 2.96 bits per heavy atom. The number of rotatable bonds is 2. The number of aliphatic imine (C=N–C) groups is 1. The number of carbonyl (C=O) groups is 1. The lowest BCUT2D eigenvalue weighted by Gasteiger charge is -1.98. The first-order chi connectivity index (χ1) is 11.3. The molecule has 1 aliphatic heterocycles. The summed E-state index contributed by atoms with van der Waals surface area (Å²) in [5, 5.41) is 5.66. The van der Waals surface area contributed by atoms with Crippen LogP contribution in [0.5, 0.6) is 0 Å². The van der Waals surface area contributed by atoms with E-state index in [2.05, 4.69) is 25.6 Å². The first-order valence-electron chi connectivity index (χ1n) is 6.91. The van der Waals surface area contributed by atoms with Crippen molar-refractivity contribution in [3.05, 3.63) is 59.4 Å². The maximum absolute atomic E-state index is 12.0. The van der Waals surface area contributed by atoms with E-state index in [1.165, 1.54) is 0 Å². The zero-order valence-corrected chi connectivity index (χ0v) is 12.7. The number of benzene rings is 1. The Hall–Kier alpha value is -3.06. The van der Waals surface area contributed by atoms with E-state index >= 15 is 0 Å². The zero-order chi connectivity index (χ0) is 15.6. The summed E-state index contributed by atoms with van der Waals surface area (Å²) < 4.78 is 1.08. The average molecular weight is 321 g/mol. The van der Waals surface area contributed by atoms with Crippen molar-refractivity contribution in [2.45, 2.75) is 0 Å². The minimum absolute atomic E-state index is 0.218. The lowest BCUT2D eigenvalue weighted by atomic mass is 10.2. The van der Waals surface area contributed by atoms with E-state index < -0.39 is 0 Å². The van der Waals surface area contributed by atoms with Crippen molar-refractivity contribution in [1.82, 2.24) is 20.6 Å². The molecule has 0 radical (unpaired) electrons. The molecule has 0 aliphatic carbocycles. The second-order valence-corrected chi connectivity index (χ2v) is 5.75. The highest BCUT2D eigenvalue weighted by Crippen LogP contribution is 2.20. The zero-order valence-electron chi connectivity index (χ0n) is 11.9. The predicted molar refractivity (Wildman–Crippen MR) is 90.2 cm³/mol. The largest absolute Gasteiger partial charge is 0.321 e. The van der Waals surface area contributed by atoms with Gasteiger partial charge in [0.2, 0.25) is 5.96 Å². The fourth-order valence-electron chi connectivity index (χ4n) is 2.21. The molecule has 2 aromatic heterocycles. The van der Waals surface area contributed by atoms with Crippen molar-refractivity contribution >= 4 is 45.3 Å². The second-order valence-electron chi connectivity index (χ2n) is 4.87. The van der Waals surface area contributed by atoms with Crippen LogP contribution in [0.1, 0.15) is 5.56 Å². The first-order valence-corrected chi connectivity index (χ1v) is 7.79. The molecule has 4 rings (SSSR count). The summed E-state index contributed by atoms with van der Waals surface area (Å²) in [6, 6.07) is 11.3. The molecule has 6 nitrogen and oxygen atoms in total. The smallest absolute Gasteiger partial charge is 0.274 e. The van der Waals surface area contributed by atoms with Gasteiger partial charge in [0.05, 0.1) is 15.7 Å². The molecule has 0 unspecified atom stereocenters. The van der Waals surface area contributed by atoms with E-state index in [1.54, 1.807) is 35.2 Å². The molecule has 3 heterocycles. The van der Waals surface area contributed by atoms with Crippen LogP contribution < -0.4 is 10.6 Å². The first kappa shape index (κ1) is 13.6. The van der Waals surface area contributed by atoms with Crippen LogP contribution in [0.25, 0.3) is 16.3 Å². The van der Waals surface area contributed by atoms with E-state index in [1.807, 2.05) is 30.3 Å². The highest BCUT2D eigenvalue weighted by atomic mass is 32.1. The van der Waals surface area contributed by atoms with Crippen molar-refractivity contribution in [1.29, 1.82) is 0 Å². The summed E-state index contributed by atoms with van der Waals surface area (Å²) in [6.45, 7) is 0. The van der Waals surface area contributed by atoms with Gasteiger partial charge in [-0.3, -0.25) is 10.1 Å². The number of amides is 1. The Morgan fingerprint density at radius 2 is 2.09 bits per heavy atom. The molecule has 7 heteroatoms. The molecule has 112 valence electrons. The van der Waals surface area contributed by atoms with Gasteiger partial charge in [-0.25, -0.2) is 9.97 Å². The quantitative estimate of drug-likeness (QED) is 0.711. The fourth-order valence-corrected chi connectivity index (χ4v) is 2.94. The molecule has 1 aliphatic rings. The number of nitrogens with one attached hydrogen (secondary N) is 2. The maximum atomic E-state index is 12.0. The van der Waals surface area contributed by atoms with Crippen molar-refractivity contribution in [2.75, 3.05) is 0 Å². The van der Waals surface area contributed by atoms with Gasteiger partial charge >= 0.3 is 0 Å². The van der Waals surface area contributed by atoms with Crippen LogP contribution in [-0.4, -0.2) is 21.8 Å². The number of aromatic nitrogens is 2. The van der Waals surface area contributed by atoms with Gasteiger partial charge in [0.25, 0.3) is 5.91 Å². The van der Waals surface area contributed by atoms with E-state index in [-0.39, 0.29) is 5.91 Å². The van der Waals surface area contributed by atoms with Crippen LogP contribution in [0.4, 0.5) is 5.82 Å². The van der Waals surface area contributed by atoms with E-state index in [9.17, 15) is 4.79 Å². The number of nitrogens with zero attached hydrogens (tertiary/aromatic N) is 3. The van der Waals surface area contributed by atoms with Crippen molar-refractivity contribution in [2.24, 2.45) is 4.99 Å². The standard InChI is InChI=1S/C16H11N5OS/c22-15-12(7-10-4-5-11-13(8-10)23-9-18-11)19-16(21-15)20-14-3-1-2-6-17-14/h1-9H,(H2,17,19,20,21,22)/b12-7-. The number of hydrogen-bond donors (Lipinski definition) is 2. The Balaban J connectivity index is 1.62. The molecular weight excluding hydrogens is 310 g/mol. The summed E-state index contributed by atoms with van der Waals surface area (Å²) in [4.78, 5) is 24.6. The molecule has 0 saturated carbocycles. The minimum Gasteiger partial charge on any atom is -0.321 e. The van der Waals surface area contributed by atoms with Crippen LogP contribution >= 0.6 is 11.3 Å². The van der Waals surface area contributed by atoms with Crippen molar-refractivity contribution in [3.63, 3.8) is 0 Å². The molecule has 0 bridgehead atoms. The summed E-state index contributed by atoms with van der Waals surface area (Å²) in [5.41, 5.74) is 4.14. The van der Waals surface area contributed by atoms with Crippen LogP contribution in [-0.2, 0) is 4.79 Å². The second kappa shape index (κ2) is 5.62. The van der Waals surface area contributed by atoms with E-state index in [4.69, 9.17) is 0 Å². The summed E-state index contributed by atoms with van der Waals surface area (Å²) in [5.74, 6) is 0.686. The van der Waals surface area contributed by atoms with Crippen LogP contribution in [0.2, 0.25) is 0 Å². The molecule has 3 aromatic rings. The van der Waals surface area contributed by atoms with Gasteiger partial charge in [0.15, 0.2) is 5.82 Å². The third-order valence-corrected chi connectivity index (χ3v) is 4.06. The van der Waals surface area contributed by atoms with E-state index in [0.717, 1.165) is 15.8 Å². The molecular formula is C16H11N5OS. The number of thiazole rings is 1. The fraction of sp³-hybridized carbons (Fsp3) is 0. The van der Waals surface area contributed by atoms with Gasteiger partial charge in [-0.15, -0.1) is 11.3 Å². The molecule has 1 saturated heterocycles. The van der Waals surface area contributed by atoms with Crippen LogP contribution in [0.3, 0.4) is 0 Å². The molecule has 1 aromatic carbocycles. The Morgan fingerprint density at radius 1 is 1.13 bits per heavy atom. The molecule has 1 amide bonds. The monoisotopic (exact) mass is 321 g/mol. The Bertz CT molecular complexity index is 945. The van der Waals surface area contributed by atoms with Crippen molar-refractivity contribution < 1.29 is 4.79 Å². The normalized spacial score (nSPS) is 17.7. The predicted octanol–water partition coefficient (Wildman–Crippen LogP) is 2.44. The highest BCUT2D eigenvalue weighted by molar-refractivity contribution is 7.16. The summed E-state index contributed by atoms with van der Waals surface area (Å²) >= 11 is 1.57. The number of fused-ring (bicyclic) bond motifs is 1. The van der Waals surface area contributed by atoms with Crippen LogP contribution in [0.15, 0.2) is 58.8 Å². The minimum atomic E-state index is -0.218. The third-order valence-electron chi connectivity index (χ3n) is 3.27. The highest BCUT2D eigenvalue weighted by Gasteiger charge is 2.21. The van der Waals surface area contributed by atoms with Gasteiger partial charge < -0.3 is 5.32 Å². The van der Waals surface area contributed by atoms with Crippen LogP contribution in [0, 0.1) is 0 Å². The van der Waals surface area contributed by atoms with Crippen molar-refractivity contribution in [3.8, 4) is 0 Å². The van der Waals surface area contributed by atoms with Gasteiger partial charge in [0.1, 0.15) is 5.70 Å². The molecule has 0 atom stereocenters. The molecule has 23 heavy (non-hydrogen) atoms. The Kier molecular flexibility index (Phi) is 3.32. The van der Waals surface area contributed by atoms with Gasteiger partial charge in [-0.05, 0) is 35.9 Å². The number of carbonyl (C=O) groups excluding carboxylic acids is 1. The maximum Gasteiger partial charge on any atom is 0.274 e. The average Bonchev–Trinajstić information content (AvgIpc) is 3.15.